The second-order valence-electron chi connectivity index (χ2n) is 4.75. The van der Waals surface area contributed by atoms with Crippen LogP contribution < -0.4 is 5.32 Å². The van der Waals surface area contributed by atoms with Crippen molar-refractivity contribution in [3.05, 3.63) is 33.8 Å². The molecule has 1 saturated carbocycles. The quantitative estimate of drug-likeness (QED) is 0.897. The van der Waals surface area contributed by atoms with E-state index < -0.39 is 11.4 Å². The van der Waals surface area contributed by atoms with Crippen molar-refractivity contribution in [1.29, 1.82) is 0 Å². The molecule has 4 nitrogen and oxygen atoms in total. The third-order valence-corrected chi connectivity index (χ3v) is 3.95. The molecule has 1 fully saturated rings. The molecule has 1 aromatic carbocycles. The van der Waals surface area contributed by atoms with Crippen LogP contribution in [0.2, 0.25) is 0 Å². The molecule has 0 aliphatic heterocycles. The van der Waals surface area contributed by atoms with Gasteiger partial charge < -0.3 is 10.4 Å². The summed E-state index contributed by atoms with van der Waals surface area (Å²) in [5, 5.41) is 11.7. The number of carboxylic acids is 1. The van der Waals surface area contributed by atoms with Crippen LogP contribution in [0.25, 0.3) is 0 Å². The monoisotopic (exact) mass is 311 g/mol. The molecule has 0 atom stereocenters. The molecule has 0 spiro atoms. The fourth-order valence-corrected chi connectivity index (χ4v) is 2.20. The number of aliphatic carboxylic acids is 1. The summed E-state index contributed by atoms with van der Waals surface area (Å²) in [5.74, 6) is -1.07. The van der Waals surface area contributed by atoms with E-state index in [-0.39, 0.29) is 12.5 Å². The van der Waals surface area contributed by atoms with Gasteiger partial charge in [-0.1, -0.05) is 11.6 Å². The van der Waals surface area contributed by atoms with Gasteiger partial charge in [0, 0.05) is 11.0 Å². The van der Waals surface area contributed by atoms with Crippen LogP contribution in [-0.4, -0.2) is 23.5 Å². The first-order valence-corrected chi connectivity index (χ1v) is 6.52. The predicted octanol–water partition coefficient (Wildman–Crippen LogP) is 2.35. The minimum atomic E-state index is -0.828. The van der Waals surface area contributed by atoms with E-state index in [2.05, 4.69) is 21.2 Å². The lowest BCUT2D eigenvalue weighted by Gasteiger charge is -2.12. The van der Waals surface area contributed by atoms with Gasteiger partial charge in [0.2, 0.25) is 0 Å². The van der Waals surface area contributed by atoms with Gasteiger partial charge in [-0.2, -0.15) is 0 Å². The maximum Gasteiger partial charge on any atom is 0.311 e. The van der Waals surface area contributed by atoms with Crippen LogP contribution in [0.1, 0.15) is 28.8 Å². The molecule has 1 aromatic rings. The molecule has 1 aliphatic carbocycles. The van der Waals surface area contributed by atoms with Gasteiger partial charge in [0.1, 0.15) is 0 Å². The summed E-state index contributed by atoms with van der Waals surface area (Å²) in [6.45, 7) is 2.10. The second kappa shape index (κ2) is 4.72. The van der Waals surface area contributed by atoms with E-state index in [9.17, 15) is 9.59 Å². The smallest absolute Gasteiger partial charge is 0.311 e. The summed E-state index contributed by atoms with van der Waals surface area (Å²) in [7, 11) is 0. The average molecular weight is 312 g/mol. The van der Waals surface area contributed by atoms with E-state index in [1.165, 1.54) is 0 Å². The first kappa shape index (κ1) is 13.1. The van der Waals surface area contributed by atoms with Crippen LogP contribution in [0.3, 0.4) is 0 Å². The highest BCUT2D eigenvalue weighted by Gasteiger charge is 2.50. The van der Waals surface area contributed by atoms with Gasteiger partial charge in [0.05, 0.1) is 11.0 Å². The number of carboxylic acid groups (broad SMARTS) is 1. The highest BCUT2D eigenvalue weighted by Crippen LogP contribution is 2.45. The van der Waals surface area contributed by atoms with Crippen LogP contribution in [0, 0.1) is 12.3 Å². The Kier molecular flexibility index (Phi) is 3.43. The van der Waals surface area contributed by atoms with Crippen molar-refractivity contribution in [3.8, 4) is 0 Å². The van der Waals surface area contributed by atoms with Crippen molar-refractivity contribution in [2.24, 2.45) is 5.41 Å². The number of aryl methyl sites for hydroxylation is 1. The number of rotatable bonds is 4. The number of hydrogen-bond acceptors (Lipinski definition) is 2. The third-order valence-electron chi connectivity index (χ3n) is 3.26. The molecule has 5 heteroatoms. The molecule has 0 aromatic heterocycles. The standard InChI is InChI=1S/C13H14BrNO3/c1-8-2-3-10(14)9(6-8)11(16)15-7-13(4-5-13)12(17)18/h2-3,6H,4-5,7H2,1H3,(H,15,16)(H,17,18). The predicted molar refractivity (Wildman–Crippen MR) is 70.5 cm³/mol. The lowest BCUT2D eigenvalue weighted by molar-refractivity contribution is -0.143. The topological polar surface area (TPSA) is 66.4 Å². The third kappa shape index (κ3) is 2.56. The maximum atomic E-state index is 12.0. The van der Waals surface area contributed by atoms with Gasteiger partial charge in [-0.15, -0.1) is 0 Å². The number of benzene rings is 1. The van der Waals surface area contributed by atoms with Crippen molar-refractivity contribution in [2.75, 3.05) is 6.54 Å². The van der Waals surface area contributed by atoms with Crippen molar-refractivity contribution in [3.63, 3.8) is 0 Å². The molecule has 2 rings (SSSR count). The lowest BCUT2D eigenvalue weighted by atomic mass is 10.1. The van der Waals surface area contributed by atoms with Crippen LogP contribution in [0.5, 0.6) is 0 Å². The van der Waals surface area contributed by atoms with E-state index in [0.29, 0.717) is 22.9 Å². The minimum Gasteiger partial charge on any atom is -0.481 e. The van der Waals surface area contributed by atoms with Crippen LogP contribution >= 0.6 is 15.9 Å². The Bertz CT molecular complexity index is 509. The van der Waals surface area contributed by atoms with Gasteiger partial charge >= 0.3 is 5.97 Å². The molecule has 18 heavy (non-hydrogen) atoms. The summed E-state index contributed by atoms with van der Waals surface area (Å²) in [4.78, 5) is 23.0. The molecule has 1 amide bonds. The second-order valence-corrected chi connectivity index (χ2v) is 5.61. The molecule has 96 valence electrons. The number of amides is 1. The molecule has 0 saturated heterocycles. The van der Waals surface area contributed by atoms with Gasteiger partial charge in [-0.25, -0.2) is 0 Å². The SMILES string of the molecule is Cc1ccc(Br)c(C(=O)NCC2(C(=O)O)CC2)c1. The van der Waals surface area contributed by atoms with Crippen molar-refractivity contribution in [1.82, 2.24) is 5.32 Å². The Morgan fingerprint density at radius 1 is 1.44 bits per heavy atom. The highest BCUT2D eigenvalue weighted by atomic mass is 79.9. The summed E-state index contributed by atoms with van der Waals surface area (Å²) >= 11 is 3.32. The Morgan fingerprint density at radius 2 is 2.11 bits per heavy atom. The van der Waals surface area contributed by atoms with Crippen molar-refractivity contribution < 1.29 is 14.7 Å². The van der Waals surface area contributed by atoms with E-state index in [4.69, 9.17) is 5.11 Å². The zero-order valence-electron chi connectivity index (χ0n) is 10.00. The van der Waals surface area contributed by atoms with Gasteiger partial charge in [0.15, 0.2) is 0 Å². The summed E-state index contributed by atoms with van der Waals surface area (Å²) in [6, 6.07) is 5.49. The van der Waals surface area contributed by atoms with Gasteiger partial charge in [-0.3, -0.25) is 9.59 Å². The lowest BCUT2D eigenvalue weighted by Crippen LogP contribution is -2.34. The largest absolute Gasteiger partial charge is 0.481 e. The molecule has 0 radical (unpaired) electrons. The van der Waals surface area contributed by atoms with Crippen LogP contribution in [-0.2, 0) is 4.79 Å². The van der Waals surface area contributed by atoms with E-state index in [1.807, 2.05) is 19.1 Å². The van der Waals surface area contributed by atoms with E-state index in [1.54, 1.807) is 6.07 Å². The van der Waals surface area contributed by atoms with Crippen LogP contribution in [0.4, 0.5) is 0 Å². The molecule has 0 bridgehead atoms. The first-order chi connectivity index (χ1) is 8.44. The molecule has 2 N–H and O–H groups in total. The number of halogens is 1. The number of hydrogen-bond donors (Lipinski definition) is 2. The number of carbonyl (C=O) groups excluding carboxylic acids is 1. The van der Waals surface area contributed by atoms with Crippen molar-refractivity contribution in [2.45, 2.75) is 19.8 Å². The molecule has 1 aliphatic rings. The Balaban J connectivity index is 2.04. The average Bonchev–Trinajstić information content (AvgIpc) is 3.10. The zero-order valence-corrected chi connectivity index (χ0v) is 11.6. The minimum absolute atomic E-state index is 0.196. The number of nitrogens with one attached hydrogen (secondary N) is 1. The molecule has 0 unspecified atom stereocenters. The summed E-state index contributed by atoms with van der Waals surface area (Å²) in [6.07, 6.45) is 1.27. The maximum absolute atomic E-state index is 12.0. The summed E-state index contributed by atoms with van der Waals surface area (Å²) < 4.78 is 0.714. The molecular formula is C13H14BrNO3. The highest BCUT2D eigenvalue weighted by molar-refractivity contribution is 9.10. The Labute approximate surface area is 114 Å². The van der Waals surface area contributed by atoms with E-state index >= 15 is 0 Å². The van der Waals surface area contributed by atoms with Crippen LogP contribution in [0.15, 0.2) is 22.7 Å². The zero-order chi connectivity index (χ0) is 13.3. The molecular weight excluding hydrogens is 298 g/mol. The Hall–Kier alpha value is -1.36. The normalized spacial score (nSPS) is 16.1. The summed E-state index contributed by atoms with van der Waals surface area (Å²) in [5.41, 5.74) is 0.797. The Morgan fingerprint density at radius 3 is 2.67 bits per heavy atom. The molecule has 0 heterocycles. The first-order valence-electron chi connectivity index (χ1n) is 5.72. The number of carbonyl (C=O) groups is 2. The van der Waals surface area contributed by atoms with E-state index in [0.717, 1.165) is 5.56 Å². The fraction of sp³-hybridized carbons (Fsp3) is 0.385. The van der Waals surface area contributed by atoms with Gasteiger partial charge in [-0.05, 0) is 47.8 Å². The fourth-order valence-electron chi connectivity index (χ4n) is 1.77. The van der Waals surface area contributed by atoms with Crippen molar-refractivity contribution >= 4 is 27.8 Å². The van der Waals surface area contributed by atoms with Gasteiger partial charge in [0.25, 0.3) is 5.91 Å².